The van der Waals surface area contributed by atoms with Gasteiger partial charge in [-0.15, -0.1) is 0 Å². The van der Waals surface area contributed by atoms with Gasteiger partial charge < -0.3 is 5.32 Å². The molecule has 1 nitrogen and oxygen atoms in total. The molecule has 19 heavy (non-hydrogen) atoms. The molecule has 1 aromatic rings. The third kappa shape index (κ3) is 6.77. The van der Waals surface area contributed by atoms with E-state index in [-0.39, 0.29) is 0 Å². The Bertz CT molecular complexity index is 332. The molecule has 0 saturated carbocycles. The van der Waals surface area contributed by atoms with Gasteiger partial charge in [0.2, 0.25) is 0 Å². The maximum Gasteiger partial charge on any atom is 0.0107 e. The minimum atomic E-state index is 0.646. The van der Waals surface area contributed by atoms with Crippen LogP contribution < -0.4 is 5.32 Å². The molecule has 0 aliphatic carbocycles. The molecule has 0 spiro atoms. The van der Waals surface area contributed by atoms with Gasteiger partial charge in [-0.3, -0.25) is 0 Å². The van der Waals surface area contributed by atoms with Crippen molar-refractivity contribution in [1.29, 1.82) is 0 Å². The molecule has 1 N–H and O–H groups in total. The number of hydrogen-bond acceptors (Lipinski definition) is 1. The first-order chi connectivity index (χ1) is 9.27. The minimum Gasteiger partial charge on any atom is -0.314 e. The van der Waals surface area contributed by atoms with E-state index in [0.717, 1.165) is 6.54 Å². The summed E-state index contributed by atoms with van der Waals surface area (Å²) in [4.78, 5) is 0. The van der Waals surface area contributed by atoms with Gasteiger partial charge in [-0.25, -0.2) is 0 Å². The molecule has 1 aromatic carbocycles. The fourth-order valence-electron chi connectivity index (χ4n) is 2.66. The van der Waals surface area contributed by atoms with Gasteiger partial charge in [-0.05, 0) is 37.4 Å². The van der Waals surface area contributed by atoms with Crippen molar-refractivity contribution in [3.8, 4) is 0 Å². The van der Waals surface area contributed by atoms with Crippen molar-refractivity contribution >= 4 is 0 Å². The number of likely N-dealkylation sites (N-methyl/N-ethyl adjacent to an activating group) is 1. The quantitative estimate of drug-likeness (QED) is 0.592. The predicted octanol–water partition coefficient (Wildman–Crippen LogP) is 4.88. The molecule has 1 unspecified atom stereocenters. The molecule has 0 aliphatic rings. The SMILES string of the molecule is CCCCCCCC(Cc1ccccc1C)NCC. The molecule has 0 radical (unpaired) electrons. The summed E-state index contributed by atoms with van der Waals surface area (Å²) in [7, 11) is 0. The van der Waals surface area contributed by atoms with Crippen LogP contribution in [0.3, 0.4) is 0 Å². The van der Waals surface area contributed by atoms with E-state index in [0.29, 0.717) is 6.04 Å². The maximum atomic E-state index is 3.65. The van der Waals surface area contributed by atoms with E-state index in [2.05, 4.69) is 50.4 Å². The van der Waals surface area contributed by atoms with Gasteiger partial charge in [-0.2, -0.15) is 0 Å². The molecule has 1 atom stereocenters. The average molecular weight is 261 g/mol. The summed E-state index contributed by atoms with van der Waals surface area (Å²) in [5.41, 5.74) is 2.93. The molecular weight excluding hydrogens is 230 g/mol. The first kappa shape index (κ1) is 16.2. The summed E-state index contributed by atoms with van der Waals surface area (Å²) in [6.07, 6.45) is 9.37. The topological polar surface area (TPSA) is 12.0 Å². The Morgan fingerprint density at radius 2 is 1.74 bits per heavy atom. The lowest BCUT2D eigenvalue weighted by molar-refractivity contribution is 0.460. The van der Waals surface area contributed by atoms with E-state index in [4.69, 9.17) is 0 Å². The third-order valence-electron chi connectivity index (χ3n) is 3.88. The zero-order valence-corrected chi connectivity index (χ0v) is 13.0. The first-order valence-corrected chi connectivity index (χ1v) is 8.05. The van der Waals surface area contributed by atoms with Gasteiger partial charge >= 0.3 is 0 Å². The van der Waals surface area contributed by atoms with E-state index in [1.54, 1.807) is 0 Å². The Morgan fingerprint density at radius 1 is 1.00 bits per heavy atom. The Kier molecular flexibility index (Phi) is 8.57. The Hall–Kier alpha value is -0.820. The molecule has 0 aliphatic heterocycles. The molecule has 108 valence electrons. The number of nitrogens with one attached hydrogen (secondary N) is 1. The number of rotatable bonds is 10. The second-order valence-electron chi connectivity index (χ2n) is 5.59. The standard InChI is InChI=1S/C18H31N/c1-4-6-7-8-9-14-18(19-5-2)15-17-13-11-10-12-16(17)3/h10-13,18-19H,4-9,14-15H2,1-3H3. The highest BCUT2D eigenvalue weighted by Gasteiger charge is 2.09. The third-order valence-corrected chi connectivity index (χ3v) is 3.88. The largest absolute Gasteiger partial charge is 0.314 e. The van der Waals surface area contributed by atoms with Crippen molar-refractivity contribution in [3.63, 3.8) is 0 Å². The van der Waals surface area contributed by atoms with Crippen LogP contribution in [0.5, 0.6) is 0 Å². The van der Waals surface area contributed by atoms with E-state index >= 15 is 0 Å². The van der Waals surface area contributed by atoms with Gasteiger partial charge in [-0.1, -0.05) is 70.2 Å². The van der Waals surface area contributed by atoms with Gasteiger partial charge in [0.05, 0.1) is 0 Å². The van der Waals surface area contributed by atoms with E-state index in [1.165, 1.54) is 56.1 Å². The first-order valence-electron chi connectivity index (χ1n) is 8.05. The second kappa shape index (κ2) is 10.0. The summed E-state index contributed by atoms with van der Waals surface area (Å²) < 4.78 is 0. The number of aryl methyl sites for hydroxylation is 1. The highest BCUT2D eigenvalue weighted by Crippen LogP contribution is 2.14. The van der Waals surface area contributed by atoms with Crippen molar-refractivity contribution < 1.29 is 0 Å². The number of benzene rings is 1. The normalized spacial score (nSPS) is 12.6. The lowest BCUT2D eigenvalue weighted by atomic mass is 9.97. The monoisotopic (exact) mass is 261 g/mol. The number of unbranched alkanes of at least 4 members (excludes halogenated alkanes) is 4. The molecule has 0 fully saturated rings. The summed E-state index contributed by atoms with van der Waals surface area (Å²) in [5.74, 6) is 0. The van der Waals surface area contributed by atoms with Crippen molar-refractivity contribution in [1.82, 2.24) is 5.32 Å². The van der Waals surface area contributed by atoms with Gasteiger partial charge in [0.25, 0.3) is 0 Å². The predicted molar refractivity (Wildman–Crippen MR) is 85.7 cm³/mol. The van der Waals surface area contributed by atoms with Crippen LogP contribution >= 0.6 is 0 Å². The summed E-state index contributed by atoms with van der Waals surface area (Å²) >= 11 is 0. The van der Waals surface area contributed by atoms with Crippen LogP contribution in [-0.4, -0.2) is 12.6 Å². The van der Waals surface area contributed by atoms with Crippen LogP contribution in [0.15, 0.2) is 24.3 Å². The zero-order chi connectivity index (χ0) is 13.9. The Morgan fingerprint density at radius 3 is 2.42 bits per heavy atom. The summed E-state index contributed by atoms with van der Waals surface area (Å²) in [6.45, 7) is 7.78. The Balaban J connectivity index is 2.37. The van der Waals surface area contributed by atoms with Gasteiger partial charge in [0, 0.05) is 6.04 Å². The zero-order valence-electron chi connectivity index (χ0n) is 13.0. The van der Waals surface area contributed by atoms with Crippen LogP contribution in [0.1, 0.15) is 63.5 Å². The molecule has 0 bridgehead atoms. The second-order valence-corrected chi connectivity index (χ2v) is 5.59. The molecule has 0 heterocycles. The van der Waals surface area contributed by atoms with E-state index < -0.39 is 0 Å². The van der Waals surface area contributed by atoms with E-state index in [1.807, 2.05) is 0 Å². The van der Waals surface area contributed by atoms with Crippen molar-refractivity contribution in [2.45, 2.75) is 71.8 Å². The molecule has 0 amide bonds. The Labute approximate surface area is 119 Å². The smallest absolute Gasteiger partial charge is 0.0107 e. The molecule has 0 aromatic heterocycles. The van der Waals surface area contributed by atoms with Crippen molar-refractivity contribution in [2.75, 3.05) is 6.54 Å². The summed E-state index contributed by atoms with van der Waals surface area (Å²) in [6, 6.07) is 9.43. The van der Waals surface area contributed by atoms with Gasteiger partial charge in [0.1, 0.15) is 0 Å². The fourth-order valence-corrected chi connectivity index (χ4v) is 2.66. The highest BCUT2D eigenvalue weighted by atomic mass is 14.9. The molecule has 1 rings (SSSR count). The van der Waals surface area contributed by atoms with Crippen molar-refractivity contribution in [2.24, 2.45) is 0 Å². The van der Waals surface area contributed by atoms with Crippen LogP contribution in [0.25, 0.3) is 0 Å². The average Bonchev–Trinajstić information content (AvgIpc) is 2.41. The van der Waals surface area contributed by atoms with Crippen LogP contribution in [0, 0.1) is 6.92 Å². The van der Waals surface area contributed by atoms with Crippen LogP contribution in [0.2, 0.25) is 0 Å². The minimum absolute atomic E-state index is 0.646. The maximum absolute atomic E-state index is 3.65. The van der Waals surface area contributed by atoms with Gasteiger partial charge in [0.15, 0.2) is 0 Å². The highest BCUT2D eigenvalue weighted by molar-refractivity contribution is 5.26. The van der Waals surface area contributed by atoms with E-state index in [9.17, 15) is 0 Å². The summed E-state index contributed by atoms with van der Waals surface area (Å²) in [5, 5.41) is 3.65. The molecule has 0 saturated heterocycles. The van der Waals surface area contributed by atoms with Crippen LogP contribution in [-0.2, 0) is 6.42 Å². The lowest BCUT2D eigenvalue weighted by Gasteiger charge is -2.19. The lowest BCUT2D eigenvalue weighted by Crippen LogP contribution is -2.31. The molecular formula is C18H31N. The van der Waals surface area contributed by atoms with Crippen LogP contribution in [0.4, 0.5) is 0 Å². The molecule has 1 heteroatoms. The van der Waals surface area contributed by atoms with Crippen molar-refractivity contribution in [3.05, 3.63) is 35.4 Å². The number of hydrogen-bond donors (Lipinski definition) is 1. The fraction of sp³-hybridized carbons (Fsp3) is 0.667.